The number of fused-ring (bicyclic) bond motifs is 2. The Balaban J connectivity index is 1.19. The largest absolute Gasteiger partial charge is 0.344 e. The van der Waals surface area contributed by atoms with Crippen LogP contribution in [0.1, 0.15) is 37.3 Å². The van der Waals surface area contributed by atoms with E-state index < -0.39 is 6.04 Å². The predicted molar refractivity (Wildman–Crippen MR) is 153 cm³/mol. The van der Waals surface area contributed by atoms with Crippen molar-refractivity contribution in [2.24, 2.45) is 5.92 Å². The third-order valence-electron chi connectivity index (χ3n) is 8.34. The number of nitrogens with one attached hydrogen (secondary N) is 3. The smallest absolute Gasteiger partial charge is 0.326 e. The van der Waals surface area contributed by atoms with Crippen molar-refractivity contribution in [3.63, 3.8) is 0 Å². The molecule has 3 N–H and O–H groups in total. The number of rotatable bonds is 6. The number of hydrogen-bond acceptors (Lipinski definition) is 4. The molecule has 2 aliphatic heterocycles. The van der Waals surface area contributed by atoms with Gasteiger partial charge in [-0.1, -0.05) is 54.6 Å². The molecule has 3 heterocycles. The summed E-state index contributed by atoms with van der Waals surface area (Å²) in [5, 5.41) is 8.71. The molecule has 0 saturated carbocycles. The van der Waals surface area contributed by atoms with Gasteiger partial charge in [0.25, 0.3) is 0 Å². The lowest BCUT2D eigenvalue weighted by Crippen LogP contribution is -2.53. The van der Waals surface area contributed by atoms with Gasteiger partial charge < -0.3 is 20.5 Å². The number of amides is 2. The number of H-pyrrole nitrogens is 1. The third-order valence-corrected chi connectivity index (χ3v) is 8.34. The lowest BCUT2D eigenvalue weighted by molar-refractivity contribution is -0.138. The van der Waals surface area contributed by atoms with Crippen molar-refractivity contribution < 1.29 is 9.59 Å². The van der Waals surface area contributed by atoms with Crippen LogP contribution in [0.5, 0.6) is 0 Å². The van der Waals surface area contributed by atoms with Gasteiger partial charge in [0, 0.05) is 31.5 Å². The molecule has 2 saturated heterocycles. The fourth-order valence-corrected chi connectivity index (χ4v) is 6.18. The molecule has 39 heavy (non-hydrogen) atoms. The maximum absolute atomic E-state index is 13.9. The van der Waals surface area contributed by atoms with E-state index in [2.05, 4.69) is 45.9 Å². The van der Waals surface area contributed by atoms with Gasteiger partial charge in [0.05, 0.1) is 11.0 Å². The maximum atomic E-state index is 13.9. The van der Waals surface area contributed by atoms with Gasteiger partial charge in [-0.3, -0.25) is 14.2 Å². The van der Waals surface area contributed by atoms with Gasteiger partial charge in [-0.15, -0.1) is 0 Å². The molecule has 6 rings (SSSR count). The highest BCUT2D eigenvalue weighted by Gasteiger charge is 2.32. The van der Waals surface area contributed by atoms with E-state index in [-0.39, 0.29) is 29.5 Å². The summed E-state index contributed by atoms with van der Waals surface area (Å²) in [7, 11) is 0. The lowest BCUT2D eigenvalue weighted by atomic mass is 9.95. The highest BCUT2D eigenvalue weighted by molar-refractivity contribution is 5.89. The zero-order valence-electron chi connectivity index (χ0n) is 22.1. The third kappa shape index (κ3) is 5.34. The first-order valence-corrected chi connectivity index (χ1v) is 14.0. The van der Waals surface area contributed by atoms with Crippen LogP contribution in [0.25, 0.3) is 21.8 Å². The zero-order chi connectivity index (χ0) is 26.8. The molecule has 0 radical (unpaired) electrons. The standard InChI is InChI=1S/C31H35N5O3/c37-29(23-11-15-32-16-12-23)33-27(20-21-9-10-22-5-1-2-6-24(22)19-21)30(38)35-17-13-25(14-18-35)36-28-8-4-3-7-26(28)34-31(36)39/h1-10,19,23,25,27,32H,11-18,20H2,(H,33,37)(H,34,39)/t27-/m1/s1. The molecular weight excluding hydrogens is 490 g/mol. The number of carbonyl (C=O) groups excluding carboxylic acids is 2. The number of imidazole rings is 1. The predicted octanol–water partition coefficient (Wildman–Crippen LogP) is 3.37. The summed E-state index contributed by atoms with van der Waals surface area (Å²) in [5.41, 5.74) is 2.65. The molecule has 0 bridgehead atoms. The molecule has 0 spiro atoms. The van der Waals surface area contributed by atoms with Gasteiger partial charge >= 0.3 is 5.69 Å². The van der Waals surface area contributed by atoms with E-state index in [1.165, 1.54) is 0 Å². The van der Waals surface area contributed by atoms with E-state index in [1.54, 1.807) is 0 Å². The van der Waals surface area contributed by atoms with Crippen molar-refractivity contribution in [2.45, 2.75) is 44.2 Å². The minimum Gasteiger partial charge on any atom is -0.344 e. The fraction of sp³-hybridized carbons (Fsp3) is 0.387. The van der Waals surface area contributed by atoms with Crippen LogP contribution in [0.3, 0.4) is 0 Å². The summed E-state index contributed by atoms with van der Waals surface area (Å²) >= 11 is 0. The number of aromatic nitrogens is 2. The second-order valence-corrected chi connectivity index (χ2v) is 10.8. The average Bonchev–Trinajstić information content (AvgIpc) is 3.32. The van der Waals surface area contributed by atoms with Crippen LogP contribution in [-0.2, 0) is 16.0 Å². The summed E-state index contributed by atoms with van der Waals surface area (Å²) in [5.74, 6) is -0.149. The Bertz CT molecular complexity index is 1540. The molecule has 8 nitrogen and oxygen atoms in total. The van der Waals surface area contributed by atoms with E-state index in [0.717, 1.165) is 53.3 Å². The van der Waals surface area contributed by atoms with E-state index in [9.17, 15) is 14.4 Å². The number of carbonyl (C=O) groups is 2. The normalized spacial score (nSPS) is 17.9. The number of nitrogens with zero attached hydrogens (tertiary/aromatic N) is 2. The maximum Gasteiger partial charge on any atom is 0.326 e. The van der Waals surface area contributed by atoms with Crippen LogP contribution in [0.15, 0.2) is 71.5 Å². The number of benzene rings is 3. The second kappa shape index (κ2) is 11.1. The molecule has 2 fully saturated rings. The van der Waals surface area contributed by atoms with Crippen LogP contribution in [0.2, 0.25) is 0 Å². The van der Waals surface area contributed by atoms with E-state index in [1.807, 2.05) is 45.9 Å². The highest BCUT2D eigenvalue weighted by Crippen LogP contribution is 2.26. The van der Waals surface area contributed by atoms with Crippen LogP contribution in [0.4, 0.5) is 0 Å². The molecule has 1 atom stereocenters. The number of likely N-dealkylation sites (tertiary alicyclic amines) is 1. The van der Waals surface area contributed by atoms with Gasteiger partial charge in [0.2, 0.25) is 11.8 Å². The number of piperidine rings is 2. The van der Waals surface area contributed by atoms with E-state index in [0.29, 0.717) is 32.4 Å². The Labute approximate surface area is 227 Å². The summed E-state index contributed by atoms with van der Waals surface area (Å²) in [4.78, 5) is 44.6. The minimum absolute atomic E-state index is 0.0287. The molecule has 3 aromatic carbocycles. The molecule has 1 aromatic heterocycles. The Morgan fingerprint density at radius 3 is 2.41 bits per heavy atom. The first kappa shape index (κ1) is 25.4. The van der Waals surface area contributed by atoms with Crippen LogP contribution < -0.4 is 16.3 Å². The molecular formula is C31H35N5O3. The minimum atomic E-state index is -0.624. The first-order valence-electron chi connectivity index (χ1n) is 14.0. The number of para-hydroxylation sites is 2. The van der Waals surface area contributed by atoms with Crippen molar-refractivity contribution in [2.75, 3.05) is 26.2 Å². The molecule has 2 amide bonds. The van der Waals surface area contributed by atoms with E-state index >= 15 is 0 Å². The molecule has 4 aromatic rings. The molecule has 2 aliphatic rings. The topological polar surface area (TPSA) is 99.2 Å². The molecule has 0 unspecified atom stereocenters. The van der Waals surface area contributed by atoms with Gasteiger partial charge in [-0.25, -0.2) is 4.79 Å². The summed E-state index contributed by atoms with van der Waals surface area (Å²) in [6.45, 7) is 2.74. The lowest BCUT2D eigenvalue weighted by Gasteiger charge is -2.35. The molecule has 0 aliphatic carbocycles. The van der Waals surface area contributed by atoms with Gasteiger partial charge in [0.15, 0.2) is 0 Å². The Morgan fingerprint density at radius 2 is 1.62 bits per heavy atom. The second-order valence-electron chi connectivity index (χ2n) is 10.8. The van der Waals surface area contributed by atoms with Crippen molar-refractivity contribution >= 4 is 33.6 Å². The molecule has 202 valence electrons. The van der Waals surface area contributed by atoms with Crippen LogP contribution in [-0.4, -0.2) is 58.5 Å². The summed E-state index contributed by atoms with van der Waals surface area (Å²) < 4.78 is 1.84. The summed E-state index contributed by atoms with van der Waals surface area (Å²) in [6, 6.07) is 21.5. The van der Waals surface area contributed by atoms with Crippen LogP contribution in [0, 0.1) is 5.92 Å². The van der Waals surface area contributed by atoms with Crippen LogP contribution >= 0.6 is 0 Å². The van der Waals surface area contributed by atoms with Crippen molar-refractivity contribution in [1.29, 1.82) is 0 Å². The number of aromatic amines is 1. The molecule has 8 heteroatoms. The monoisotopic (exact) mass is 525 g/mol. The van der Waals surface area contributed by atoms with Crippen molar-refractivity contribution in [3.05, 3.63) is 82.8 Å². The van der Waals surface area contributed by atoms with E-state index in [4.69, 9.17) is 0 Å². The average molecular weight is 526 g/mol. The van der Waals surface area contributed by atoms with Gasteiger partial charge in [-0.05, 0) is 67.2 Å². The fourth-order valence-electron chi connectivity index (χ4n) is 6.18. The number of hydrogen-bond donors (Lipinski definition) is 3. The SMILES string of the molecule is O=C(N[C@H](Cc1ccc2ccccc2c1)C(=O)N1CCC(n2c(=O)[nH]c3ccccc32)CC1)C1CCNCC1. The quantitative estimate of drug-likeness (QED) is 0.359. The van der Waals surface area contributed by atoms with Crippen molar-refractivity contribution in [1.82, 2.24) is 25.1 Å². The van der Waals surface area contributed by atoms with Gasteiger partial charge in [-0.2, -0.15) is 0 Å². The first-order chi connectivity index (χ1) is 19.1. The van der Waals surface area contributed by atoms with Gasteiger partial charge in [0.1, 0.15) is 6.04 Å². The Hall–Kier alpha value is -3.91. The van der Waals surface area contributed by atoms with Crippen molar-refractivity contribution in [3.8, 4) is 0 Å². The highest BCUT2D eigenvalue weighted by atomic mass is 16.2. The Morgan fingerprint density at radius 1 is 0.897 bits per heavy atom. The Kier molecular flexibility index (Phi) is 7.20. The zero-order valence-corrected chi connectivity index (χ0v) is 22.1. The summed E-state index contributed by atoms with van der Waals surface area (Å²) in [6.07, 6.45) is 3.40.